The lowest BCUT2D eigenvalue weighted by Crippen LogP contribution is -2.48. The van der Waals surface area contributed by atoms with Crippen LogP contribution in [0.25, 0.3) is 22.2 Å². The van der Waals surface area contributed by atoms with Crippen LogP contribution in [0.4, 0.5) is 5.95 Å². The van der Waals surface area contributed by atoms with Gasteiger partial charge in [-0.1, -0.05) is 37.0 Å². The van der Waals surface area contributed by atoms with Gasteiger partial charge in [-0.2, -0.15) is 4.98 Å². The van der Waals surface area contributed by atoms with E-state index in [1.54, 1.807) is 22.9 Å². The summed E-state index contributed by atoms with van der Waals surface area (Å²) in [5, 5.41) is 7.55. The number of aromatic nitrogens is 3. The van der Waals surface area contributed by atoms with Gasteiger partial charge in [0, 0.05) is 49.4 Å². The summed E-state index contributed by atoms with van der Waals surface area (Å²) >= 11 is 13.3. The SMILES string of the molecule is CCN(CC)CCNc1ncc2cc(-c3c(Cl)c(OC)cc(OC)c3Cl)c(=O)n(CCOC3CNC3)c2n1. The zero-order valence-corrected chi connectivity index (χ0v) is 23.7. The van der Waals surface area contributed by atoms with E-state index in [2.05, 4.69) is 34.4 Å². The molecular weight excluding hydrogens is 531 g/mol. The second-order valence-corrected chi connectivity index (χ2v) is 9.63. The van der Waals surface area contributed by atoms with Crippen LogP contribution in [-0.4, -0.2) is 85.6 Å². The molecule has 1 aromatic carbocycles. The van der Waals surface area contributed by atoms with Crippen LogP contribution in [0, 0.1) is 0 Å². The molecule has 10 nitrogen and oxygen atoms in total. The van der Waals surface area contributed by atoms with Crippen molar-refractivity contribution in [1.82, 2.24) is 24.8 Å². The molecule has 3 heterocycles. The third kappa shape index (κ3) is 6.00. The Balaban J connectivity index is 1.78. The van der Waals surface area contributed by atoms with Crippen molar-refractivity contribution >= 4 is 40.2 Å². The highest BCUT2D eigenvalue weighted by Crippen LogP contribution is 2.45. The van der Waals surface area contributed by atoms with Gasteiger partial charge in [0.1, 0.15) is 17.1 Å². The van der Waals surface area contributed by atoms with Gasteiger partial charge >= 0.3 is 0 Å². The molecule has 0 amide bonds. The third-order valence-corrected chi connectivity index (χ3v) is 7.44. The summed E-state index contributed by atoms with van der Waals surface area (Å²) in [6, 6.07) is 3.30. The summed E-state index contributed by atoms with van der Waals surface area (Å²) in [6.07, 6.45) is 1.83. The molecule has 0 bridgehead atoms. The maximum atomic E-state index is 13.9. The monoisotopic (exact) mass is 564 g/mol. The first-order valence-corrected chi connectivity index (χ1v) is 13.5. The van der Waals surface area contributed by atoms with Gasteiger partial charge in [0.05, 0.1) is 49.1 Å². The molecule has 0 spiro atoms. The average Bonchev–Trinajstić information content (AvgIpc) is 2.90. The van der Waals surface area contributed by atoms with Gasteiger partial charge in [-0.05, 0) is 19.2 Å². The smallest absolute Gasteiger partial charge is 0.260 e. The molecule has 1 fully saturated rings. The molecule has 2 aromatic heterocycles. The van der Waals surface area contributed by atoms with E-state index < -0.39 is 0 Å². The van der Waals surface area contributed by atoms with Crippen LogP contribution in [0.1, 0.15) is 13.8 Å². The predicted molar refractivity (Wildman–Crippen MR) is 151 cm³/mol. The number of hydrogen-bond acceptors (Lipinski definition) is 9. The highest BCUT2D eigenvalue weighted by atomic mass is 35.5. The Kier molecular flexibility index (Phi) is 9.67. The first-order chi connectivity index (χ1) is 18.4. The van der Waals surface area contributed by atoms with Gasteiger partial charge in [-0.25, -0.2) is 4.98 Å². The fourth-order valence-electron chi connectivity index (χ4n) is 4.31. The third-order valence-electron chi connectivity index (χ3n) is 6.69. The highest BCUT2D eigenvalue weighted by molar-refractivity contribution is 6.41. The number of hydrogen-bond donors (Lipinski definition) is 2. The van der Waals surface area contributed by atoms with Crippen LogP contribution >= 0.6 is 23.2 Å². The van der Waals surface area contributed by atoms with E-state index >= 15 is 0 Å². The molecule has 0 radical (unpaired) electrons. The Labute approximate surface area is 232 Å². The number of methoxy groups -OCH3 is 2. The fraction of sp³-hybridized carbons (Fsp3) is 0.500. The molecule has 0 saturated carbocycles. The summed E-state index contributed by atoms with van der Waals surface area (Å²) in [4.78, 5) is 25.4. The number of rotatable bonds is 13. The summed E-state index contributed by atoms with van der Waals surface area (Å²) in [7, 11) is 2.98. The quantitative estimate of drug-likeness (QED) is 0.322. The lowest BCUT2D eigenvalue weighted by Gasteiger charge is -2.27. The maximum Gasteiger partial charge on any atom is 0.260 e. The minimum atomic E-state index is -0.306. The number of benzene rings is 1. The van der Waals surface area contributed by atoms with Crippen molar-refractivity contribution in [3.63, 3.8) is 0 Å². The Morgan fingerprint density at radius 2 is 1.82 bits per heavy atom. The number of nitrogens with zero attached hydrogens (tertiary/aromatic N) is 4. The van der Waals surface area contributed by atoms with E-state index in [0.29, 0.717) is 59.3 Å². The zero-order valence-electron chi connectivity index (χ0n) is 22.1. The summed E-state index contributed by atoms with van der Waals surface area (Å²) in [5.41, 5.74) is 0.813. The van der Waals surface area contributed by atoms with Gasteiger partial charge in [0.15, 0.2) is 0 Å². The van der Waals surface area contributed by atoms with E-state index in [-0.39, 0.29) is 21.7 Å². The van der Waals surface area contributed by atoms with E-state index in [0.717, 1.165) is 32.7 Å². The zero-order chi connectivity index (χ0) is 27.2. The number of fused-ring (bicyclic) bond motifs is 1. The second kappa shape index (κ2) is 12.9. The second-order valence-electron chi connectivity index (χ2n) is 8.88. The van der Waals surface area contributed by atoms with Crippen molar-refractivity contribution in [2.45, 2.75) is 26.5 Å². The normalized spacial score (nSPS) is 13.7. The standard InChI is InChI=1S/C26H34Cl2N6O4/c1-5-33(6-2)8-7-30-26-31-13-16-11-18(21-22(27)19(36-3)12-20(37-4)23(21)28)25(35)34(24(16)32-26)9-10-38-17-14-29-15-17/h11-13,17,29H,5-10,14-15H2,1-4H3,(H,30,31,32). The molecule has 2 N–H and O–H groups in total. The number of nitrogens with one attached hydrogen (secondary N) is 2. The molecule has 1 aliphatic rings. The minimum absolute atomic E-state index is 0.138. The number of pyridine rings is 1. The molecule has 4 rings (SSSR count). The fourth-order valence-corrected chi connectivity index (χ4v) is 5.01. The van der Waals surface area contributed by atoms with E-state index in [4.69, 9.17) is 42.4 Å². The molecule has 3 aromatic rings. The van der Waals surface area contributed by atoms with Gasteiger partial charge in [0.25, 0.3) is 5.56 Å². The first-order valence-electron chi connectivity index (χ1n) is 12.7. The largest absolute Gasteiger partial charge is 0.495 e. The van der Waals surface area contributed by atoms with E-state index in [1.165, 1.54) is 14.2 Å². The van der Waals surface area contributed by atoms with Crippen molar-refractivity contribution in [2.24, 2.45) is 0 Å². The predicted octanol–water partition coefficient (Wildman–Crippen LogP) is 3.52. The number of anilines is 1. The summed E-state index contributed by atoms with van der Waals surface area (Å²) in [6.45, 7) is 9.98. The summed E-state index contributed by atoms with van der Waals surface area (Å²) in [5.74, 6) is 1.14. The molecular formula is C26H34Cl2N6O4. The van der Waals surface area contributed by atoms with Crippen molar-refractivity contribution in [1.29, 1.82) is 0 Å². The van der Waals surface area contributed by atoms with Gasteiger partial charge < -0.3 is 29.7 Å². The van der Waals surface area contributed by atoms with Gasteiger partial charge in [-0.3, -0.25) is 9.36 Å². The molecule has 38 heavy (non-hydrogen) atoms. The number of halogens is 2. The maximum absolute atomic E-state index is 13.9. The van der Waals surface area contributed by atoms with Crippen molar-refractivity contribution < 1.29 is 14.2 Å². The Bertz CT molecular complexity index is 1300. The molecule has 0 aliphatic carbocycles. The first kappa shape index (κ1) is 28.4. The summed E-state index contributed by atoms with van der Waals surface area (Å²) < 4.78 is 18.3. The Hall–Kier alpha value is -2.63. The van der Waals surface area contributed by atoms with Gasteiger partial charge in [-0.15, -0.1) is 0 Å². The van der Waals surface area contributed by atoms with Crippen molar-refractivity contribution in [2.75, 3.05) is 65.4 Å². The van der Waals surface area contributed by atoms with Crippen LogP contribution in [0.15, 0.2) is 23.1 Å². The van der Waals surface area contributed by atoms with Crippen LogP contribution < -0.4 is 25.7 Å². The van der Waals surface area contributed by atoms with Crippen LogP contribution in [0.3, 0.4) is 0 Å². The number of likely N-dealkylation sites (N-methyl/N-ethyl adjacent to an activating group) is 1. The highest BCUT2D eigenvalue weighted by Gasteiger charge is 2.24. The molecule has 0 unspecified atom stereocenters. The average molecular weight is 566 g/mol. The van der Waals surface area contributed by atoms with Crippen molar-refractivity contribution in [3.8, 4) is 22.6 Å². The molecule has 0 atom stereocenters. The lowest BCUT2D eigenvalue weighted by atomic mass is 10.0. The van der Waals surface area contributed by atoms with Crippen LogP contribution in [0.5, 0.6) is 11.5 Å². The Morgan fingerprint density at radius 3 is 2.39 bits per heavy atom. The molecule has 1 aliphatic heterocycles. The van der Waals surface area contributed by atoms with E-state index in [1.807, 2.05) is 0 Å². The van der Waals surface area contributed by atoms with Crippen LogP contribution in [0.2, 0.25) is 10.0 Å². The Morgan fingerprint density at radius 1 is 1.13 bits per heavy atom. The topological polar surface area (TPSA) is 103 Å². The van der Waals surface area contributed by atoms with E-state index in [9.17, 15) is 4.79 Å². The lowest BCUT2D eigenvalue weighted by molar-refractivity contribution is 0.0149. The minimum Gasteiger partial charge on any atom is -0.495 e. The number of ether oxygens (including phenoxy) is 3. The van der Waals surface area contributed by atoms with Crippen LogP contribution in [-0.2, 0) is 11.3 Å². The molecule has 206 valence electrons. The van der Waals surface area contributed by atoms with Gasteiger partial charge in [0.2, 0.25) is 5.95 Å². The molecule has 1 saturated heterocycles. The molecule has 12 heteroatoms. The van der Waals surface area contributed by atoms with Crippen molar-refractivity contribution in [3.05, 3.63) is 38.7 Å².